The highest BCUT2D eigenvalue weighted by molar-refractivity contribution is 5.76. The molecule has 0 spiro atoms. The molecular formula is C30H39N5O5. The van der Waals surface area contributed by atoms with Crippen LogP contribution in [-0.4, -0.2) is 64.0 Å². The van der Waals surface area contributed by atoms with E-state index < -0.39 is 11.6 Å². The minimum atomic E-state index is -1.32. The van der Waals surface area contributed by atoms with Gasteiger partial charge in [0.05, 0.1) is 0 Å². The Hall–Kier alpha value is -4.08. The molecule has 4 rings (SSSR count). The summed E-state index contributed by atoms with van der Waals surface area (Å²) < 4.78 is 17.1. The van der Waals surface area contributed by atoms with Crippen molar-refractivity contribution >= 4 is 17.9 Å². The molecule has 0 amide bonds. The van der Waals surface area contributed by atoms with Crippen LogP contribution in [0.2, 0.25) is 0 Å². The summed E-state index contributed by atoms with van der Waals surface area (Å²) in [6, 6.07) is 17.9. The summed E-state index contributed by atoms with van der Waals surface area (Å²) >= 11 is 0. The van der Waals surface area contributed by atoms with Gasteiger partial charge < -0.3 is 29.5 Å². The first-order valence-corrected chi connectivity index (χ1v) is 13.8. The molecule has 214 valence electrons. The topological polar surface area (TPSA) is 119 Å². The number of aliphatic carboxylic acids is 1. The zero-order valence-corrected chi connectivity index (χ0v) is 23.7. The van der Waals surface area contributed by atoms with Crippen molar-refractivity contribution < 1.29 is 24.1 Å². The highest BCUT2D eigenvalue weighted by Crippen LogP contribution is 2.26. The smallest absolute Gasteiger partial charge is 0.347 e. The number of ether oxygens (including phenoxy) is 3. The first-order valence-electron chi connectivity index (χ1n) is 13.8. The van der Waals surface area contributed by atoms with Crippen molar-refractivity contribution in [3.05, 3.63) is 60.2 Å². The van der Waals surface area contributed by atoms with Gasteiger partial charge in [0, 0.05) is 19.1 Å². The molecule has 10 nitrogen and oxygen atoms in total. The van der Waals surface area contributed by atoms with Gasteiger partial charge in [-0.1, -0.05) is 30.3 Å². The van der Waals surface area contributed by atoms with Crippen molar-refractivity contribution in [3.63, 3.8) is 0 Å². The SMILES string of the molecule is CC(C)Nc1nc(OCCOc2ccc(OC(C)(C)C(=O)O)cc2)nc(N2CCC(Cc3ccccc3)CC2)n1. The average Bonchev–Trinajstić information content (AvgIpc) is 2.92. The Kier molecular flexibility index (Phi) is 9.63. The number of carboxylic acid groups (broad SMARTS) is 1. The van der Waals surface area contributed by atoms with E-state index in [2.05, 4.69) is 55.5 Å². The van der Waals surface area contributed by atoms with Crippen molar-refractivity contribution in [2.24, 2.45) is 5.92 Å². The van der Waals surface area contributed by atoms with Crippen LogP contribution in [0, 0.1) is 5.92 Å². The predicted molar refractivity (Wildman–Crippen MR) is 153 cm³/mol. The minimum Gasteiger partial charge on any atom is -0.490 e. The zero-order valence-electron chi connectivity index (χ0n) is 23.7. The van der Waals surface area contributed by atoms with Crippen molar-refractivity contribution in [1.82, 2.24) is 15.0 Å². The van der Waals surface area contributed by atoms with Crippen LogP contribution in [0.3, 0.4) is 0 Å². The molecule has 10 heteroatoms. The Morgan fingerprint density at radius 2 is 1.62 bits per heavy atom. The van der Waals surface area contributed by atoms with Crippen LogP contribution < -0.4 is 24.4 Å². The van der Waals surface area contributed by atoms with E-state index in [0.717, 1.165) is 32.4 Å². The molecule has 0 saturated carbocycles. The van der Waals surface area contributed by atoms with Crippen LogP contribution in [0.5, 0.6) is 17.5 Å². The van der Waals surface area contributed by atoms with Gasteiger partial charge in [0.2, 0.25) is 11.9 Å². The number of rotatable bonds is 13. The number of aromatic nitrogens is 3. The van der Waals surface area contributed by atoms with Gasteiger partial charge in [-0.3, -0.25) is 0 Å². The van der Waals surface area contributed by atoms with Crippen LogP contribution in [0.4, 0.5) is 11.9 Å². The lowest BCUT2D eigenvalue weighted by Crippen LogP contribution is -2.37. The normalized spacial score (nSPS) is 14.2. The number of anilines is 2. The van der Waals surface area contributed by atoms with E-state index in [4.69, 9.17) is 14.2 Å². The highest BCUT2D eigenvalue weighted by Gasteiger charge is 2.29. The Morgan fingerprint density at radius 1 is 0.975 bits per heavy atom. The molecule has 1 saturated heterocycles. The van der Waals surface area contributed by atoms with Gasteiger partial charge in [0.1, 0.15) is 24.7 Å². The molecule has 0 unspecified atom stereocenters. The highest BCUT2D eigenvalue weighted by atomic mass is 16.5. The van der Waals surface area contributed by atoms with Crippen LogP contribution in [0.15, 0.2) is 54.6 Å². The number of hydrogen-bond donors (Lipinski definition) is 2. The molecule has 3 aromatic rings. The number of carboxylic acids is 1. The quantitative estimate of drug-likeness (QED) is 0.286. The molecular weight excluding hydrogens is 510 g/mol. The molecule has 2 heterocycles. The first kappa shape index (κ1) is 28.9. The molecule has 0 atom stereocenters. The van der Waals surface area contributed by atoms with E-state index >= 15 is 0 Å². The standard InChI is InChI=1S/C30H39N5O5/c1-21(2)31-27-32-28(35-16-14-23(15-17-35)20-22-8-6-5-7-9-22)34-29(33-27)39-19-18-38-24-10-12-25(13-11-24)40-30(3,4)26(36)37/h5-13,21,23H,14-20H2,1-4H3,(H,36,37)(H,31,32,33,34). The lowest BCUT2D eigenvalue weighted by molar-refractivity contribution is -0.152. The fraction of sp³-hybridized carbons (Fsp3) is 0.467. The van der Waals surface area contributed by atoms with E-state index in [9.17, 15) is 9.90 Å². The zero-order chi connectivity index (χ0) is 28.5. The maximum atomic E-state index is 11.3. The molecule has 1 fully saturated rings. The van der Waals surface area contributed by atoms with Crippen molar-refractivity contribution in [2.45, 2.75) is 58.6 Å². The second-order valence-corrected chi connectivity index (χ2v) is 10.7. The molecule has 0 radical (unpaired) electrons. The lowest BCUT2D eigenvalue weighted by Gasteiger charge is -2.32. The maximum absolute atomic E-state index is 11.3. The van der Waals surface area contributed by atoms with Gasteiger partial charge in [-0.2, -0.15) is 15.0 Å². The van der Waals surface area contributed by atoms with E-state index in [-0.39, 0.29) is 25.3 Å². The molecule has 2 aromatic carbocycles. The van der Waals surface area contributed by atoms with Gasteiger partial charge in [-0.25, -0.2) is 4.79 Å². The number of nitrogens with zero attached hydrogens (tertiary/aromatic N) is 4. The van der Waals surface area contributed by atoms with E-state index in [0.29, 0.717) is 29.3 Å². The molecule has 2 N–H and O–H groups in total. The van der Waals surface area contributed by atoms with Crippen molar-refractivity contribution in [1.29, 1.82) is 0 Å². The predicted octanol–water partition coefficient (Wildman–Crippen LogP) is 4.85. The fourth-order valence-electron chi connectivity index (χ4n) is 4.39. The summed E-state index contributed by atoms with van der Waals surface area (Å²) in [5, 5.41) is 12.5. The van der Waals surface area contributed by atoms with Crippen LogP contribution >= 0.6 is 0 Å². The second-order valence-electron chi connectivity index (χ2n) is 10.7. The number of carbonyl (C=O) groups is 1. The van der Waals surface area contributed by atoms with Gasteiger partial charge in [0.15, 0.2) is 5.60 Å². The molecule has 1 aliphatic heterocycles. The molecule has 0 bridgehead atoms. The number of benzene rings is 2. The summed E-state index contributed by atoms with van der Waals surface area (Å²) in [6.45, 7) is 9.36. The van der Waals surface area contributed by atoms with Crippen LogP contribution in [0.1, 0.15) is 46.1 Å². The van der Waals surface area contributed by atoms with Gasteiger partial charge in [-0.15, -0.1) is 0 Å². The van der Waals surface area contributed by atoms with E-state index in [1.54, 1.807) is 24.3 Å². The summed E-state index contributed by atoms with van der Waals surface area (Å²) in [7, 11) is 0. The van der Waals surface area contributed by atoms with Gasteiger partial charge in [0.25, 0.3) is 0 Å². The Morgan fingerprint density at radius 3 is 2.27 bits per heavy atom. The summed E-state index contributed by atoms with van der Waals surface area (Å²) in [4.78, 5) is 27.2. The summed E-state index contributed by atoms with van der Waals surface area (Å²) in [6.07, 6.45) is 3.25. The first-order chi connectivity index (χ1) is 19.2. The number of hydrogen-bond acceptors (Lipinski definition) is 9. The lowest BCUT2D eigenvalue weighted by atomic mass is 9.90. The Bertz CT molecular complexity index is 1230. The second kappa shape index (κ2) is 13.3. The van der Waals surface area contributed by atoms with E-state index in [1.165, 1.54) is 19.4 Å². The number of piperidine rings is 1. The number of nitrogens with one attached hydrogen (secondary N) is 1. The molecule has 1 aliphatic rings. The van der Waals surface area contributed by atoms with Gasteiger partial charge >= 0.3 is 12.0 Å². The third-order valence-corrected chi connectivity index (χ3v) is 6.58. The minimum absolute atomic E-state index is 0.163. The van der Waals surface area contributed by atoms with Crippen molar-refractivity contribution in [3.8, 4) is 17.5 Å². The Balaban J connectivity index is 1.30. The van der Waals surface area contributed by atoms with Crippen LogP contribution in [0.25, 0.3) is 0 Å². The van der Waals surface area contributed by atoms with Crippen LogP contribution in [-0.2, 0) is 11.2 Å². The van der Waals surface area contributed by atoms with E-state index in [1.807, 2.05) is 13.8 Å². The third kappa shape index (κ3) is 8.46. The Labute approximate surface area is 235 Å². The summed E-state index contributed by atoms with van der Waals surface area (Å²) in [5.74, 6) is 1.77. The maximum Gasteiger partial charge on any atom is 0.347 e. The third-order valence-electron chi connectivity index (χ3n) is 6.58. The molecule has 0 aliphatic carbocycles. The average molecular weight is 550 g/mol. The summed E-state index contributed by atoms with van der Waals surface area (Å²) in [5.41, 5.74) is 0.0647. The molecule has 1 aromatic heterocycles. The molecule has 40 heavy (non-hydrogen) atoms. The van der Waals surface area contributed by atoms with Gasteiger partial charge in [-0.05, 0) is 82.7 Å². The monoisotopic (exact) mass is 549 g/mol. The largest absolute Gasteiger partial charge is 0.490 e. The fourth-order valence-corrected chi connectivity index (χ4v) is 4.39. The van der Waals surface area contributed by atoms with Crippen molar-refractivity contribution in [2.75, 3.05) is 36.5 Å².